The van der Waals surface area contributed by atoms with Gasteiger partial charge in [-0.25, -0.2) is 0 Å². The van der Waals surface area contributed by atoms with Gasteiger partial charge in [-0.1, -0.05) is 48.5 Å². The Morgan fingerprint density at radius 1 is 0.935 bits per heavy atom. The number of rotatable bonds is 5. The molecule has 3 atom stereocenters. The smallest absolute Gasteiger partial charge is 0.239 e. The maximum Gasteiger partial charge on any atom is 0.239 e. The predicted octanol–water partition coefficient (Wildman–Crippen LogP) is 3.24. The molecule has 1 unspecified atom stereocenters. The van der Waals surface area contributed by atoms with E-state index in [-0.39, 0.29) is 36.8 Å². The number of nitrogens with zero attached hydrogens (tertiary/aromatic N) is 3. The molecule has 0 spiro atoms. The maximum atomic E-state index is 13.2. The minimum atomic E-state index is -0.0963. The molecule has 2 saturated heterocycles. The summed E-state index contributed by atoms with van der Waals surface area (Å²) in [5.41, 5.74) is 8.66. The number of nitrogens with two attached hydrogens (primary N) is 1. The highest BCUT2D eigenvalue weighted by Crippen LogP contribution is 2.33. The summed E-state index contributed by atoms with van der Waals surface area (Å²) in [5.74, 6) is 1.07. The van der Waals surface area contributed by atoms with Gasteiger partial charge >= 0.3 is 0 Å². The van der Waals surface area contributed by atoms with E-state index < -0.39 is 0 Å². The Hall–Kier alpha value is -1.79. The van der Waals surface area contributed by atoms with Gasteiger partial charge in [0.05, 0.1) is 6.04 Å². The van der Waals surface area contributed by atoms with Gasteiger partial charge in [-0.2, -0.15) is 0 Å². The second-order valence-electron chi connectivity index (χ2n) is 8.29. The fourth-order valence-corrected chi connectivity index (χ4v) is 4.78. The zero-order valence-corrected chi connectivity index (χ0v) is 19.7. The topological polar surface area (TPSA) is 52.8 Å². The summed E-state index contributed by atoms with van der Waals surface area (Å²) in [4.78, 5) is 19.9. The Labute approximate surface area is 198 Å². The van der Waals surface area contributed by atoms with E-state index >= 15 is 0 Å². The number of hydrogen-bond acceptors (Lipinski definition) is 4. The maximum absolute atomic E-state index is 13.2. The van der Waals surface area contributed by atoms with Crippen molar-refractivity contribution in [1.82, 2.24) is 9.80 Å². The van der Waals surface area contributed by atoms with Crippen LogP contribution in [0.1, 0.15) is 18.4 Å². The molecule has 2 aliphatic rings. The first-order chi connectivity index (χ1) is 14.2. The lowest BCUT2D eigenvalue weighted by Crippen LogP contribution is -2.54. The molecule has 2 N–H and O–H groups in total. The minimum absolute atomic E-state index is 0. The number of piperazine rings is 1. The summed E-state index contributed by atoms with van der Waals surface area (Å²) in [6.07, 6.45) is 0. The second-order valence-corrected chi connectivity index (χ2v) is 8.29. The third kappa shape index (κ3) is 5.72. The highest BCUT2D eigenvalue weighted by molar-refractivity contribution is 5.85. The summed E-state index contributed by atoms with van der Waals surface area (Å²) in [6.45, 7) is 7.87. The van der Waals surface area contributed by atoms with Gasteiger partial charge < -0.3 is 15.5 Å². The molecule has 2 fully saturated rings. The van der Waals surface area contributed by atoms with Gasteiger partial charge in [0.2, 0.25) is 5.91 Å². The van der Waals surface area contributed by atoms with Gasteiger partial charge in [0, 0.05) is 50.9 Å². The van der Waals surface area contributed by atoms with E-state index in [4.69, 9.17) is 5.73 Å². The van der Waals surface area contributed by atoms with E-state index in [0.717, 1.165) is 39.3 Å². The molecule has 2 heterocycles. The quantitative estimate of drug-likeness (QED) is 0.737. The van der Waals surface area contributed by atoms with Gasteiger partial charge in [-0.15, -0.1) is 24.8 Å². The Balaban J connectivity index is 0.00000171. The zero-order chi connectivity index (χ0) is 20.2. The van der Waals surface area contributed by atoms with Crippen LogP contribution in [-0.4, -0.2) is 67.6 Å². The monoisotopic (exact) mass is 464 g/mol. The molecule has 4 rings (SSSR count). The molecular formula is C24H34Cl2N4O. The molecule has 2 aromatic carbocycles. The molecule has 0 radical (unpaired) electrons. The molecule has 0 bridgehead atoms. The fraction of sp³-hybridized carbons (Fsp3) is 0.458. The van der Waals surface area contributed by atoms with Crippen LogP contribution in [0.25, 0.3) is 0 Å². The van der Waals surface area contributed by atoms with E-state index in [1.54, 1.807) is 0 Å². The largest absolute Gasteiger partial charge is 0.368 e. The number of hydrogen-bond donors (Lipinski definition) is 1. The highest BCUT2D eigenvalue weighted by atomic mass is 35.5. The summed E-state index contributed by atoms with van der Waals surface area (Å²) in [7, 11) is 0. The van der Waals surface area contributed by atoms with Crippen molar-refractivity contribution in [2.45, 2.75) is 18.9 Å². The summed E-state index contributed by atoms with van der Waals surface area (Å²) in [5, 5.41) is 0. The first-order valence-electron chi connectivity index (χ1n) is 10.7. The Kier molecular flexibility index (Phi) is 9.63. The number of benzene rings is 2. The Morgan fingerprint density at radius 3 is 2.10 bits per heavy atom. The van der Waals surface area contributed by atoms with Crippen molar-refractivity contribution in [2.75, 3.05) is 50.7 Å². The van der Waals surface area contributed by atoms with Gasteiger partial charge in [0.15, 0.2) is 0 Å². The third-order valence-electron chi connectivity index (χ3n) is 6.62. The summed E-state index contributed by atoms with van der Waals surface area (Å²) < 4.78 is 0. The van der Waals surface area contributed by atoms with E-state index in [0.29, 0.717) is 18.4 Å². The molecule has 5 nitrogen and oxygen atoms in total. The summed E-state index contributed by atoms with van der Waals surface area (Å²) in [6, 6.07) is 21.0. The molecule has 0 aliphatic carbocycles. The molecule has 2 aromatic rings. The van der Waals surface area contributed by atoms with Crippen molar-refractivity contribution in [2.24, 2.45) is 11.7 Å². The zero-order valence-electron chi connectivity index (χ0n) is 18.1. The van der Waals surface area contributed by atoms with Crippen LogP contribution < -0.4 is 10.6 Å². The van der Waals surface area contributed by atoms with Crippen LogP contribution in [0.2, 0.25) is 0 Å². The predicted molar refractivity (Wildman–Crippen MR) is 132 cm³/mol. The minimum Gasteiger partial charge on any atom is -0.368 e. The number of likely N-dealkylation sites (tertiary alicyclic amines) is 1. The average molecular weight is 465 g/mol. The molecule has 31 heavy (non-hydrogen) atoms. The van der Waals surface area contributed by atoms with Crippen LogP contribution in [0.3, 0.4) is 0 Å². The lowest BCUT2D eigenvalue weighted by molar-refractivity contribution is -0.136. The van der Waals surface area contributed by atoms with Crippen LogP contribution in [0.15, 0.2) is 60.7 Å². The Bertz CT molecular complexity index is 800. The van der Waals surface area contributed by atoms with Crippen molar-refractivity contribution in [3.63, 3.8) is 0 Å². The van der Waals surface area contributed by atoms with E-state index in [1.165, 1.54) is 11.3 Å². The number of halogens is 2. The van der Waals surface area contributed by atoms with Crippen LogP contribution in [0.5, 0.6) is 0 Å². The van der Waals surface area contributed by atoms with Crippen LogP contribution >= 0.6 is 24.8 Å². The number of para-hydroxylation sites is 1. The molecule has 7 heteroatoms. The van der Waals surface area contributed by atoms with Crippen LogP contribution in [0.4, 0.5) is 5.69 Å². The van der Waals surface area contributed by atoms with Gasteiger partial charge in [-0.05, 0) is 37.1 Å². The summed E-state index contributed by atoms with van der Waals surface area (Å²) >= 11 is 0. The lowest BCUT2D eigenvalue weighted by atomic mass is 9.89. The number of amides is 1. The average Bonchev–Trinajstić information content (AvgIpc) is 3.24. The van der Waals surface area contributed by atoms with Crippen LogP contribution in [0, 0.1) is 5.92 Å². The standard InChI is InChI=1S/C24H32N4O.2ClH/c1-19(28-17-21(16-25)23(18-28)20-8-4-2-5-9-20)24(29)27-14-12-26(13-15-27)22-10-6-3-7-11-22;;/h2-11,19,21,23H,12-18,25H2,1H3;2*1H/t19?,21-,23+;;/m1../s1. The van der Waals surface area contributed by atoms with Crippen LogP contribution in [-0.2, 0) is 4.79 Å². The molecular weight excluding hydrogens is 431 g/mol. The molecule has 0 aromatic heterocycles. The van der Waals surface area contributed by atoms with Crippen molar-refractivity contribution >= 4 is 36.4 Å². The lowest BCUT2D eigenvalue weighted by Gasteiger charge is -2.38. The third-order valence-corrected chi connectivity index (χ3v) is 6.62. The van der Waals surface area contributed by atoms with Gasteiger partial charge in [0.25, 0.3) is 0 Å². The second kappa shape index (κ2) is 11.7. The van der Waals surface area contributed by atoms with E-state index in [1.807, 2.05) is 11.0 Å². The van der Waals surface area contributed by atoms with Crippen molar-refractivity contribution in [3.8, 4) is 0 Å². The number of carbonyl (C=O) groups excluding carboxylic acids is 1. The normalized spacial score (nSPS) is 22.4. The molecule has 170 valence electrons. The molecule has 0 saturated carbocycles. The highest BCUT2D eigenvalue weighted by Gasteiger charge is 2.38. The SMILES string of the molecule is CC(C(=O)N1CCN(c2ccccc2)CC1)N1C[C@@H](CN)[C@H](c2ccccc2)C1.Cl.Cl. The molecule has 1 amide bonds. The van der Waals surface area contributed by atoms with Crippen molar-refractivity contribution in [3.05, 3.63) is 66.2 Å². The first kappa shape index (κ1) is 25.5. The van der Waals surface area contributed by atoms with Gasteiger partial charge in [0.1, 0.15) is 0 Å². The van der Waals surface area contributed by atoms with E-state index in [9.17, 15) is 4.79 Å². The van der Waals surface area contributed by atoms with Crippen molar-refractivity contribution in [1.29, 1.82) is 0 Å². The fourth-order valence-electron chi connectivity index (χ4n) is 4.78. The molecule has 2 aliphatic heterocycles. The Morgan fingerprint density at radius 2 is 1.52 bits per heavy atom. The van der Waals surface area contributed by atoms with Gasteiger partial charge in [-0.3, -0.25) is 9.69 Å². The van der Waals surface area contributed by atoms with E-state index in [2.05, 4.69) is 71.3 Å². The number of anilines is 1. The first-order valence-corrected chi connectivity index (χ1v) is 10.7. The van der Waals surface area contributed by atoms with Crippen molar-refractivity contribution < 1.29 is 4.79 Å². The number of carbonyl (C=O) groups is 1.